The molecule has 3 atom stereocenters. The van der Waals surface area contributed by atoms with Gasteiger partial charge in [-0.2, -0.15) is 0 Å². The quantitative estimate of drug-likeness (QED) is 0.682. The zero-order valence-corrected chi connectivity index (χ0v) is 18.3. The van der Waals surface area contributed by atoms with Crippen LogP contribution in [-0.2, 0) is 6.54 Å². The molecule has 154 valence electrons. The normalized spacial score (nSPS) is 22.6. The number of carbonyl (C=O) groups excluding carboxylic acids is 1. The van der Waals surface area contributed by atoms with E-state index in [-0.39, 0.29) is 17.4 Å². The molecule has 1 fully saturated rings. The lowest BCUT2D eigenvalue weighted by atomic mass is 9.83. The van der Waals surface area contributed by atoms with E-state index in [9.17, 15) is 9.59 Å². The van der Waals surface area contributed by atoms with Gasteiger partial charge in [0.05, 0.1) is 10.6 Å². The number of piperidine rings is 1. The second-order valence-corrected chi connectivity index (χ2v) is 10.3. The van der Waals surface area contributed by atoms with Crippen molar-refractivity contribution < 1.29 is 4.79 Å². The first-order valence-corrected chi connectivity index (χ1v) is 10.8. The van der Waals surface area contributed by atoms with Crippen LogP contribution >= 0.6 is 46.4 Å². The van der Waals surface area contributed by atoms with Crippen LogP contribution in [0.5, 0.6) is 0 Å². The van der Waals surface area contributed by atoms with Crippen molar-refractivity contribution in [2.24, 2.45) is 5.92 Å². The monoisotopic (exact) mass is 473 g/mol. The van der Waals surface area contributed by atoms with Gasteiger partial charge in [0.25, 0.3) is 11.5 Å². The van der Waals surface area contributed by atoms with Crippen molar-refractivity contribution in [3.8, 4) is 0 Å². The Bertz CT molecular complexity index is 988. The number of nitrogens with zero attached hydrogens (tertiary/aromatic N) is 2. The molecule has 1 unspecified atom stereocenters. The van der Waals surface area contributed by atoms with E-state index in [0.717, 1.165) is 12.1 Å². The van der Waals surface area contributed by atoms with Crippen LogP contribution in [0.2, 0.25) is 5.02 Å². The molecule has 1 aromatic carbocycles. The Balaban J connectivity index is 1.60. The number of amides is 1. The zero-order chi connectivity index (χ0) is 20.8. The second kappa shape index (κ2) is 8.12. The first-order valence-electron chi connectivity index (χ1n) is 9.30. The summed E-state index contributed by atoms with van der Waals surface area (Å²) in [5.41, 5.74) is 1.32. The zero-order valence-electron chi connectivity index (χ0n) is 15.3. The van der Waals surface area contributed by atoms with Crippen molar-refractivity contribution in [2.75, 3.05) is 13.1 Å². The maximum absolute atomic E-state index is 12.8. The molecule has 1 aromatic heterocycles. The molecule has 2 aliphatic heterocycles. The van der Waals surface area contributed by atoms with E-state index in [1.807, 2.05) is 15.5 Å². The average Bonchev–Trinajstić information content (AvgIpc) is 2.66. The van der Waals surface area contributed by atoms with E-state index in [4.69, 9.17) is 46.4 Å². The van der Waals surface area contributed by atoms with Crippen LogP contribution in [0.4, 0.5) is 0 Å². The maximum Gasteiger partial charge on any atom is 0.254 e. The number of likely N-dealkylation sites (tertiary alicyclic amines) is 1. The molecule has 1 amide bonds. The molecule has 0 radical (unpaired) electrons. The molecule has 2 aliphatic rings. The molecular formula is C20H19Cl4N3O2. The van der Waals surface area contributed by atoms with Gasteiger partial charge in [-0.3, -0.25) is 14.5 Å². The summed E-state index contributed by atoms with van der Waals surface area (Å²) >= 11 is 25.0. The van der Waals surface area contributed by atoms with Gasteiger partial charge < -0.3 is 9.88 Å². The minimum atomic E-state index is -1.74. The molecule has 29 heavy (non-hydrogen) atoms. The summed E-state index contributed by atoms with van der Waals surface area (Å²) in [6.07, 6.45) is 0.133. The number of halogens is 4. The van der Waals surface area contributed by atoms with Gasteiger partial charge in [-0.25, -0.2) is 0 Å². The molecule has 2 aromatic rings. The third-order valence-corrected chi connectivity index (χ3v) is 6.52. The van der Waals surface area contributed by atoms with Gasteiger partial charge in [0, 0.05) is 37.3 Å². The number of fused-ring (bicyclic) bond motifs is 4. The summed E-state index contributed by atoms with van der Waals surface area (Å²) in [6, 6.07) is 12.1. The van der Waals surface area contributed by atoms with Gasteiger partial charge in [-0.05, 0) is 30.5 Å². The Morgan fingerprint density at radius 2 is 1.83 bits per heavy atom. The summed E-state index contributed by atoms with van der Waals surface area (Å²) in [6.45, 7) is 1.80. The number of alkyl halides is 3. The summed E-state index contributed by atoms with van der Waals surface area (Å²) in [7, 11) is 0. The Hall–Kier alpha value is -1.24. The van der Waals surface area contributed by atoms with E-state index in [2.05, 4.69) is 5.32 Å². The summed E-state index contributed by atoms with van der Waals surface area (Å²) in [5.74, 6) is -0.0452. The van der Waals surface area contributed by atoms with E-state index in [1.165, 1.54) is 0 Å². The van der Waals surface area contributed by atoms with Crippen molar-refractivity contribution in [1.29, 1.82) is 0 Å². The molecule has 5 nitrogen and oxygen atoms in total. The van der Waals surface area contributed by atoms with E-state index in [1.54, 1.807) is 36.4 Å². The highest BCUT2D eigenvalue weighted by Gasteiger charge is 2.44. The predicted octanol–water partition coefficient (Wildman–Crippen LogP) is 4.05. The van der Waals surface area contributed by atoms with Crippen LogP contribution in [0.15, 0.2) is 47.3 Å². The first-order chi connectivity index (χ1) is 13.7. The summed E-state index contributed by atoms with van der Waals surface area (Å²) < 4.78 is 0.0990. The number of hydrogen-bond acceptors (Lipinski definition) is 3. The van der Waals surface area contributed by atoms with Crippen molar-refractivity contribution in [3.63, 3.8) is 0 Å². The number of nitrogens with one attached hydrogen (secondary N) is 1. The number of rotatable bonds is 3. The third kappa shape index (κ3) is 4.30. The molecule has 3 heterocycles. The topological polar surface area (TPSA) is 54.3 Å². The van der Waals surface area contributed by atoms with Crippen LogP contribution in [0.1, 0.15) is 28.4 Å². The fourth-order valence-corrected chi connectivity index (χ4v) is 5.17. The molecule has 0 saturated carbocycles. The van der Waals surface area contributed by atoms with Gasteiger partial charge in [0.2, 0.25) is 3.79 Å². The number of hydrogen-bond donors (Lipinski definition) is 1. The van der Waals surface area contributed by atoms with Crippen LogP contribution in [0, 0.1) is 5.92 Å². The fraction of sp³-hybridized carbons (Fsp3) is 0.400. The Kier molecular flexibility index (Phi) is 5.88. The summed E-state index contributed by atoms with van der Waals surface area (Å²) in [4.78, 5) is 27.0. The maximum atomic E-state index is 12.8. The second-order valence-electron chi connectivity index (χ2n) is 7.55. The average molecular weight is 475 g/mol. The molecule has 1 saturated heterocycles. The molecule has 0 spiro atoms. The number of benzene rings is 1. The molecule has 4 rings (SSSR count). The van der Waals surface area contributed by atoms with E-state index in [0.29, 0.717) is 30.2 Å². The van der Waals surface area contributed by atoms with Crippen molar-refractivity contribution in [2.45, 2.75) is 28.8 Å². The van der Waals surface area contributed by atoms with Crippen molar-refractivity contribution >= 4 is 52.3 Å². The fourth-order valence-electron chi connectivity index (χ4n) is 4.37. The Morgan fingerprint density at radius 3 is 2.55 bits per heavy atom. The van der Waals surface area contributed by atoms with Gasteiger partial charge >= 0.3 is 0 Å². The Morgan fingerprint density at radius 1 is 1.07 bits per heavy atom. The van der Waals surface area contributed by atoms with Crippen LogP contribution in [0.25, 0.3) is 0 Å². The van der Waals surface area contributed by atoms with Gasteiger partial charge in [0.1, 0.15) is 6.17 Å². The van der Waals surface area contributed by atoms with Gasteiger partial charge in [-0.1, -0.05) is 64.6 Å². The van der Waals surface area contributed by atoms with Crippen LogP contribution < -0.4 is 10.9 Å². The van der Waals surface area contributed by atoms with Crippen LogP contribution in [-0.4, -0.2) is 38.4 Å². The van der Waals surface area contributed by atoms with Crippen molar-refractivity contribution in [1.82, 2.24) is 14.8 Å². The minimum absolute atomic E-state index is 0.00981. The lowest BCUT2D eigenvalue weighted by Gasteiger charge is -2.47. The van der Waals surface area contributed by atoms with Crippen molar-refractivity contribution in [3.05, 3.63) is 69.1 Å². The number of pyridine rings is 1. The lowest BCUT2D eigenvalue weighted by molar-refractivity contribution is 0.0586. The predicted molar refractivity (Wildman–Crippen MR) is 116 cm³/mol. The number of aromatic nitrogens is 1. The summed E-state index contributed by atoms with van der Waals surface area (Å²) in [5, 5.41) is 3.18. The van der Waals surface area contributed by atoms with Gasteiger partial charge in [-0.15, -0.1) is 0 Å². The molecule has 2 bridgehead atoms. The van der Waals surface area contributed by atoms with E-state index >= 15 is 0 Å². The first kappa shape index (κ1) is 21.0. The largest absolute Gasteiger partial charge is 0.332 e. The van der Waals surface area contributed by atoms with E-state index < -0.39 is 15.9 Å². The smallest absolute Gasteiger partial charge is 0.254 e. The molecular weight excluding hydrogens is 456 g/mol. The Labute approximate surface area is 188 Å². The number of carbonyl (C=O) groups is 1. The highest BCUT2D eigenvalue weighted by Crippen LogP contribution is 2.40. The van der Waals surface area contributed by atoms with Crippen LogP contribution in [0.3, 0.4) is 0 Å². The molecule has 0 aliphatic carbocycles. The highest BCUT2D eigenvalue weighted by atomic mass is 35.6. The standard InChI is InChI=1S/C20H19Cl4N3O2/c21-15-5-2-1-4-14(15)18(29)25-19(20(22,23)24)26-9-12-8-13(11-26)16-6-3-7-17(28)27(16)10-12/h1-7,12-13,19H,8-11H2,(H,25,29)/t12-,13-,19?/m0/s1. The van der Waals surface area contributed by atoms with Gasteiger partial charge in [0.15, 0.2) is 0 Å². The highest BCUT2D eigenvalue weighted by molar-refractivity contribution is 6.68. The SMILES string of the molecule is O=C(NC(N1C[C@@H]2C[C@@H](C1)c1cccc(=O)n1C2)C(Cl)(Cl)Cl)c1ccccc1Cl. The molecule has 9 heteroatoms. The molecule has 1 N–H and O–H groups in total. The lowest BCUT2D eigenvalue weighted by Crippen LogP contribution is -2.60. The minimum Gasteiger partial charge on any atom is -0.332 e. The third-order valence-electron chi connectivity index (χ3n) is 5.57.